The highest BCUT2D eigenvalue weighted by atomic mass is 32.2. The maximum absolute atomic E-state index is 12.8. The van der Waals surface area contributed by atoms with Gasteiger partial charge in [-0.3, -0.25) is 9.19 Å². The van der Waals surface area contributed by atoms with E-state index in [-0.39, 0.29) is 11.9 Å². The van der Waals surface area contributed by atoms with Gasteiger partial charge in [-0.1, -0.05) is 0 Å². The third-order valence-electron chi connectivity index (χ3n) is 2.07. The minimum absolute atomic E-state index is 0.0248. The lowest BCUT2D eigenvalue weighted by Gasteiger charge is -2.13. The van der Waals surface area contributed by atoms with Crippen molar-refractivity contribution in [3.63, 3.8) is 0 Å². The van der Waals surface area contributed by atoms with Crippen molar-refractivity contribution < 1.29 is 8.60 Å². The summed E-state index contributed by atoms with van der Waals surface area (Å²) >= 11 is 0. The second-order valence-corrected chi connectivity index (χ2v) is 4.94. The minimum Gasteiger partial charge on any atom is -0.309 e. The summed E-state index contributed by atoms with van der Waals surface area (Å²) in [7, 11) is -0.795. The Bertz CT molecular complexity index is 346. The van der Waals surface area contributed by atoms with Crippen LogP contribution >= 0.6 is 0 Å². The number of hydrogen-bond acceptors (Lipinski definition) is 3. The van der Waals surface area contributed by atoms with E-state index in [0.29, 0.717) is 12.3 Å². The molecule has 0 saturated heterocycles. The molecule has 15 heavy (non-hydrogen) atoms. The van der Waals surface area contributed by atoms with Crippen LogP contribution in [-0.4, -0.2) is 27.7 Å². The van der Waals surface area contributed by atoms with Crippen molar-refractivity contribution >= 4 is 10.8 Å². The molecule has 1 aromatic rings. The molecule has 0 radical (unpaired) electrons. The monoisotopic (exact) mass is 230 g/mol. The van der Waals surface area contributed by atoms with Crippen LogP contribution in [0.3, 0.4) is 0 Å². The topological polar surface area (TPSA) is 42.0 Å². The lowest BCUT2D eigenvalue weighted by atomic mass is 10.1. The highest BCUT2D eigenvalue weighted by Gasteiger charge is 2.05. The van der Waals surface area contributed by atoms with Crippen molar-refractivity contribution in [2.75, 3.05) is 18.6 Å². The van der Waals surface area contributed by atoms with Crippen LogP contribution in [0.5, 0.6) is 0 Å². The summed E-state index contributed by atoms with van der Waals surface area (Å²) in [6.07, 6.45) is 4.47. The lowest BCUT2D eigenvalue weighted by Crippen LogP contribution is -2.23. The number of pyridine rings is 1. The van der Waals surface area contributed by atoms with Gasteiger partial charge in [0.1, 0.15) is 5.82 Å². The molecule has 1 aromatic heterocycles. The predicted octanol–water partition coefficient (Wildman–Crippen LogP) is 1.25. The Morgan fingerprint density at radius 1 is 1.60 bits per heavy atom. The first-order valence-corrected chi connectivity index (χ1v) is 6.46. The van der Waals surface area contributed by atoms with Gasteiger partial charge >= 0.3 is 0 Å². The fourth-order valence-electron chi connectivity index (χ4n) is 1.20. The van der Waals surface area contributed by atoms with Crippen LogP contribution in [0.4, 0.5) is 4.39 Å². The summed E-state index contributed by atoms with van der Waals surface area (Å²) in [6.45, 7) is 2.58. The fourth-order valence-corrected chi connectivity index (χ4v) is 1.61. The van der Waals surface area contributed by atoms with Crippen LogP contribution in [0.2, 0.25) is 0 Å². The molecule has 0 aliphatic rings. The number of nitrogens with one attached hydrogen (secondary N) is 1. The molecular formula is C10H15FN2OS. The van der Waals surface area contributed by atoms with Crippen molar-refractivity contribution in [3.8, 4) is 0 Å². The minimum atomic E-state index is -0.795. The third kappa shape index (κ3) is 4.48. The van der Waals surface area contributed by atoms with Gasteiger partial charge in [-0.05, 0) is 18.6 Å². The molecule has 1 heterocycles. The van der Waals surface area contributed by atoms with E-state index in [0.717, 1.165) is 5.56 Å². The zero-order chi connectivity index (χ0) is 11.3. The van der Waals surface area contributed by atoms with E-state index in [4.69, 9.17) is 0 Å². The summed E-state index contributed by atoms with van der Waals surface area (Å²) in [6, 6.07) is 1.48. The van der Waals surface area contributed by atoms with Crippen molar-refractivity contribution in [1.29, 1.82) is 0 Å². The van der Waals surface area contributed by atoms with Crippen LogP contribution < -0.4 is 5.32 Å². The second-order valence-electron chi connectivity index (χ2n) is 3.39. The van der Waals surface area contributed by atoms with Crippen LogP contribution in [0, 0.1) is 5.82 Å². The van der Waals surface area contributed by atoms with Gasteiger partial charge in [0.2, 0.25) is 0 Å². The van der Waals surface area contributed by atoms with Crippen molar-refractivity contribution in [2.45, 2.75) is 13.0 Å². The maximum atomic E-state index is 12.8. The Balaban J connectivity index is 2.46. The summed E-state index contributed by atoms with van der Waals surface area (Å²) in [4.78, 5) is 3.77. The van der Waals surface area contributed by atoms with Gasteiger partial charge in [0, 0.05) is 41.6 Å². The highest BCUT2D eigenvalue weighted by Crippen LogP contribution is 2.11. The van der Waals surface area contributed by atoms with Gasteiger partial charge in [-0.15, -0.1) is 0 Å². The number of hydrogen-bond donors (Lipinski definition) is 1. The van der Waals surface area contributed by atoms with E-state index >= 15 is 0 Å². The fraction of sp³-hybridized carbons (Fsp3) is 0.500. The molecule has 0 aliphatic carbocycles. The molecule has 1 rings (SSSR count). The Hall–Kier alpha value is -0.810. The molecular weight excluding hydrogens is 215 g/mol. The molecule has 0 fully saturated rings. The zero-order valence-corrected chi connectivity index (χ0v) is 9.68. The van der Waals surface area contributed by atoms with Gasteiger partial charge in [0.05, 0.1) is 6.20 Å². The van der Waals surface area contributed by atoms with Crippen molar-refractivity contribution in [3.05, 3.63) is 29.8 Å². The molecule has 5 heteroatoms. The number of nitrogens with zero attached hydrogens (tertiary/aromatic N) is 1. The van der Waals surface area contributed by atoms with E-state index < -0.39 is 10.8 Å². The molecule has 2 unspecified atom stereocenters. The molecule has 84 valence electrons. The molecule has 0 aliphatic heterocycles. The molecule has 2 atom stereocenters. The first-order chi connectivity index (χ1) is 7.09. The van der Waals surface area contributed by atoms with Gasteiger partial charge < -0.3 is 5.32 Å². The third-order valence-corrected chi connectivity index (χ3v) is 2.85. The van der Waals surface area contributed by atoms with E-state index in [1.807, 2.05) is 6.92 Å². The summed E-state index contributed by atoms with van der Waals surface area (Å²) in [5, 5.41) is 3.16. The van der Waals surface area contributed by atoms with E-state index in [2.05, 4.69) is 10.3 Å². The average molecular weight is 230 g/mol. The highest BCUT2D eigenvalue weighted by molar-refractivity contribution is 7.84. The van der Waals surface area contributed by atoms with Crippen LogP contribution in [0.1, 0.15) is 18.5 Å². The molecule has 0 spiro atoms. The Morgan fingerprint density at radius 2 is 2.33 bits per heavy atom. The molecule has 0 aromatic carbocycles. The predicted molar refractivity (Wildman–Crippen MR) is 59.5 cm³/mol. The smallest absolute Gasteiger partial charge is 0.141 e. The van der Waals surface area contributed by atoms with Gasteiger partial charge in [-0.25, -0.2) is 4.39 Å². The SMILES string of the molecule is CC(NCCS(C)=O)c1cncc(F)c1. The standard InChI is InChI=1S/C10H15FN2OS/c1-8(13-3-4-15(2)14)9-5-10(11)7-12-6-9/h5-8,13H,3-4H2,1-2H3. The second kappa shape index (κ2) is 5.92. The Morgan fingerprint density at radius 3 is 2.93 bits per heavy atom. The number of aromatic nitrogens is 1. The summed E-state index contributed by atoms with van der Waals surface area (Å²) in [5.41, 5.74) is 0.803. The molecule has 0 bridgehead atoms. The van der Waals surface area contributed by atoms with Crippen LogP contribution in [0.25, 0.3) is 0 Å². The normalized spacial score (nSPS) is 14.9. The van der Waals surface area contributed by atoms with Crippen molar-refractivity contribution in [1.82, 2.24) is 10.3 Å². The Kier molecular flexibility index (Phi) is 4.84. The molecule has 0 saturated carbocycles. The Labute approximate surface area is 91.6 Å². The van der Waals surface area contributed by atoms with Gasteiger partial charge in [0.25, 0.3) is 0 Å². The van der Waals surface area contributed by atoms with Crippen molar-refractivity contribution in [2.24, 2.45) is 0 Å². The quantitative estimate of drug-likeness (QED) is 0.827. The van der Waals surface area contributed by atoms with E-state index in [1.165, 1.54) is 12.3 Å². The van der Waals surface area contributed by atoms with E-state index in [1.54, 1.807) is 12.5 Å². The maximum Gasteiger partial charge on any atom is 0.141 e. The first kappa shape index (κ1) is 12.3. The largest absolute Gasteiger partial charge is 0.309 e. The van der Waals surface area contributed by atoms with E-state index in [9.17, 15) is 8.60 Å². The molecule has 3 nitrogen and oxygen atoms in total. The average Bonchev–Trinajstić information content (AvgIpc) is 2.17. The van der Waals surface area contributed by atoms with Crippen LogP contribution in [0.15, 0.2) is 18.5 Å². The lowest BCUT2D eigenvalue weighted by molar-refractivity contribution is 0.577. The van der Waals surface area contributed by atoms with Gasteiger partial charge in [-0.2, -0.15) is 0 Å². The first-order valence-electron chi connectivity index (χ1n) is 4.73. The summed E-state index contributed by atoms with van der Waals surface area (Å²) in [5.74, 6) is 0.271. The molecule has 0 amide bonds. The van der Waals surface area contributed by atoms with Crippen LogP contribution in [-0.2, 0) is 10.8 Å². The zero-order valence-electron chi connectivity index (χ0n) is 8.87. The number of halogens is 1. The van der Waals surface area contributed by atoms with Gasteiger partial charge in [0.15, 0.2) is 0 Å². The number of rotatable bonds is 5. The summed E-state index contributed by atoms with van der Waals surface area (Å²) < 4.78 is 23.7. The molecule has 1 N–H and O–H groups in total.